The third-order valence-electron chi connectivity index (χ3n) is 4.45. The molecule has 1 heterocycles. The van der Waals surface area contributed by atoms with Crippen LogP contribution in [0.2, 0.25) is 0 Å². The van der Waals surface area contributed by atoms with Gasteiger partial charge in [-0.25, -0.2) is 4.79 Å². The lowest BCUT2D eigenvalue weighted by Gasteiger charge is -2.41. The lowest BCUT2D eigenvalue weighted by molar-refractivity contribution is -0.154. The van der Waals surface area contributed by atoms with Gasteiger partial charge in [-0.05, 0) is 18.8 Å². The van der Waals surface area contributed by atoms with Crippen molar-refractivity contribution in [1.82, 2.24) is 10.2 Å². The lowest BCUT2D eigenvalue weighted by Crippen LogP contribution is -2.64. The van der Waals surface area contributed by atoms with Gasteiger partial charge in [0, 0.05) is 6.54 Å². The monoisotopic (exact) mass is 266 g/mol. The Morgan fingerprint density at radius 1 is 1.21 bits per heavy atom. The van der Waals surface area contributed by atoms with E-state index in [9.17, 15) is 14.4 Å². The molecule has 0 aromatic carbocycles. The Bertz CT molecular complexity index is 399. The standard InChI is InChI=1S/C14H22N2O3/c1-3-10(2)9-16-12(18)14(7-5-4-6-8-14)11(17)15-13(16)19/h10H,3-9H2,1-2H3,(H,15,17,19). The topological polar surface area (TPSA) is 66.5 Å². The number of amides is 4. The molecule has 1 N–H and O–H groups in total. The fourth-order valence-electron chi connectivity index (χ4n) is 2.93. The molecular weight excluding hydrogens is 244 g/mol. The van der Waals surface area contributed by atoms with Crippen LogP contribution in [0.5, 0.6) is 0 Å². The average molecular weight is 266 g/mol. The molecule has 2 aliphatic rings. The molecule has 5 heteroatoms. The Labute approximate surface area is 113 Å². The Balaban J connectivity index is 2.23. The van der Waals surface area contributed by atoms with E-state index in [4.69, 9.17) is 0 Å². The first-order valence-corrected chi connectivity index (χ1v) is 7.18. The second kappa shape index (κ2) is 5.31. The number of hydrogen-bond acceptors (Lipinski definition) is 3. The van der Waals surface area contributed by atoms with E-state index in [1.807, 2.05) is 13.8 Å². The molecule has 1 saturated carbocycles. The molecule has 0 radical (unpaired) electrons. The molecule has 0 aromatic heterocycles. The maximum absolute atomic E-state index is 12.6. The van der Waals surface area contributed by atoms with E-state index >= 15 is 0 Å². The van der Waals surface area contributed by atoms with Crippen molar-refractivity contribution in [2.45, 2.75) is 52.4 Å². The van der Waals surface area contributed by atoms with Gasteiger partial charge in [0.1, 0.15) is 5.41 Å². The molecule has 0 bridgehead atoms. The van der Waals surface area contributed by atoms with Crippen LogP contribution in [0.15, 0.2) is 0 Å². The number of barbiturate groups is 1. The van der Waals surface area contributed by atoms with E-state index in [0.29, 0.717) is 19.4 Å². The van der Waals surface area contributed by atoms with Crippen molar-refractivity contribution in [3.8, 4) is 0 Å². The molecule has 0 aromatic rings. The first-order chi connectivity index (χ1) is 9.01. The summed E-state index contributed by atoms with van der Waals surface area (Å²) >= 11 is 0. The number of hydrogen-bond donors (Lipinski definition) is 1. The lowest BCUT2D eigenvalue weighted by atomic mass is 9.71. The SMILES string of the molecule is CCC(C)CN1C(=O)NC(=O)C2(CCCCC2)C1=O. The largest absolute Gasteiger partial charge is 0.330 e. The summed E-state index contributed by atoms with van der Waals surface area (Å²) in [5.41, 5.74) is -0.973. The van der Waals surface area contributed by atoms with E-state index in [1.54, 1.807) is 0 Å². The van der Waals surface area contributed by atoms with Crippen molar-refractivity contribution >= 4 is 17.8 Å². The number of nitrogens with zero attached hydrogens (tertiary/aromatic N) is 1. The Hall–Kier alpha value is -1.39. The van der Waals surface area contributed by atoms with Crippen molar-refractivity contribution in [2.75, 3.05) is 6.54 Å². The Morgan fingerprint density at radius 3 is 2.42 bits per heavy atom. The van der Waals surface area contributed by atoms with Crippen LogP contribution < -0.4 is 5.32 Å². The second-order valence-corrected chi connectivity index (χ2v) is 5.83. The summed E-state index contributed by atoms with van der Waals surface area (Å²) in [5.74, 6) is -0.410. The molecular formula is C14H22N2O3. The van der Waals surface area contributed by atoms with Crippen LogP contribution in [-0.2, 0) is 9.59 Å². The zero-order valence-electron chi connectivity index (χ0n) is 11.7. The minimum Gasteiger partial charge on any atom is -0.277 e. The van der Waals surface area contributed by atoms with E-state index in [2.05, 4.69) is 5.32 Å². The molecule has 1 spiro atoms. The van der Waals surface area contributed by atoms with Crippen molar-refractivity contribution in [3.63, 3.8) is 0 Å². The summed E-state index contributed by atoms with van der Waals surface area (Å²) in [4.78, 5) is 37.8. The van der Waals surface area contributed by atoms with Crippen molar-refractivity contribution in [3.05, 3.63) is 0 Å². The van der Waals surface area contributed by atoms with Crippen LogP contribution in [0, 0.1) is 11.3 Å². The number of carbonyl (C=O) groups is 3. The van der Waals surface area contributed by atoms with E-state index < -0.39 is 11.4 Å². The summed E-state index contributed by atoms with van der Waals surface area (Å²) in [7, 11) is 0. The van der Waals surface area contributed by atoms with Crippen molar-refractivity contribution in [2.24, 2.45) is 11.3 Å². The molecule has 19 heavy (non-hydrogen) atoms. The number of nitrogens with one attached hydrogen (secondary N) is 1. The quantitative estimate of drug-likeness (QED) is 0.795. The molecule has 2 rings (SSSR count). The molecule has 1 aliphatic carbocycles. The predicted octanol–water partition coefficient (Wildman–Crippen LogP) is 2.06. The summed E-state index contributed by atoms with van der Waals surface area (Å²) in [5, 5.41) is 2.38. The van der Waals surface area contributed by atoms with Gasteiger partial charge < -0.3 is 0 Å². The summed E-state index contributed by atoms with van der Waals surface area (Å²) in [6, 6.07) is -0.550. The van der Waals surface area contributed by atoms with Crippen molar-refractivity contribution in [1.29, 1.82) is 0 Å². The van der Waals surface area contributed by atoms with Gasteiger partial charge in [-0.2, -0.15) is 0 Å². The molecule has 1 aliphatic heterocycles. The molecule has 1 unspecified atom stereocenters. The van der Waals surface area contributed by atoms with Crippen LogP contribution in [0.25, 0.3) is 0 Å². The summed E-state index contributed by atoms with van der Waals surface area (Å²) < 4.78 is 0. The number of urea groups is 1. The van der Waals surface area contributed by atoms with Crippen LogP contribution >= 0.6 is 0 Å². The normalized spacial score (nSPS) is 24.5. The predicted molar refractivity (Wildman–Crippen MR) is 70.2 cm³/mol. The third kappa shape index (κ3) is 2.38. The molecule has 1 saturated heterocycles. The first kappa shape index (κ1) is 14.0. The van der Waals surface area contributed by atoms with Crippen LogP contribution in [0.4, 0.5) is 4.79 Å². The molecule has 106 valence electrons. The number of carbonyl (C=O) groups excluding carboxylic acids is 3. The fraction of sp³-hybridized carbons (Fsp3) is 0.786. The van der Waals surface area contributed by atoms with Gasteiger partial charge >= 0.3 is 6.03 Å². The molecule has 2 fully saturated rings. The van der Waals surface area contributed by atoms with E-state index in [-0.39, 0.29) is 17.7 Å². The zero-order chi connectivity index (χ0) is 14.0. The van der Waals surface area contributed by atoms with Gasteiger partial charge in [-0.3, -0.25) is 19.8 Å². The maximum Gasteiger partial charge on any atom is 0.330 e. The highest BCUT2D eigenvalue weighted by Gasteiger charge is 2.53. The highest BCUT2D eigenvalue weighted by Crippen LogP contribution is 2.40. The maximum atomic E-state index is 12.6. The molecule has 5 nitrogen and oxygen atoms in total. The van der Waals surface area contributed by atoms with Gasteiger partial charge in [0.2, 0.25) is 11.8 Å². The van der Waals surface area contributed by atoms with Gasteiger partial charge in [0.25, 0.3) is 0 Å². The first-order valence-electron chi connectivity index (χ1n) is 7.18. The van der Waals surface area contributed by atoms with Crippen LogP contribution in [0.3, 0.4) is 0 Å². The summed E-state index contributed by atoms with van der Waals surface area (Å²) in [6.45, 7) is 4.43. The minimum absolute atomic E-state index is 0.253. The highest BCUT2D eigenvalue weighted by atomic mass is 16.2. The van der Waals surface area contributed by atoms with Gasteiger partial charge in [-0.1, -0.05) is 39.5 Å². The molecule has 1 atom stereocenters. The van der Waals surface area contributed by atoms with Crippen molar-refractivity contribution < 1.29 is 14.4 Å². The van der Waals surface area contributed by atoms with E-state index in [1.165, 1.54) is 4.90 Å². The van der Waals surface area contributed by atoms with Crippen LogP contribution in [0.1, 0.15) is 52.4 Å². The number of rotatable bonds is 3. The zero-order valence-corrected chi connectivity index (χ0v) is 11.7. The Kier molecular flexibility index (Phi) is 3.92. The van der Waals surface area contributed by atoms with Gasteiger partial charge in [0.05, 0.1) is 0 Å². The van der Waals surface area contributed by atoms with Gasteiger partial charge in [-0.15, -0.1) is 0 Å². The summed E-state index contributed by atoms with van der Waals surface area (Å²) in [6.07, 6.45) is 4.86. The second-order valence-electron chi connectivity index (χ2n) is 5.83. The fourth-order valence-corrected chi connectivity index (χ4v) is 2.93. The smallest absolute Gasteiger partial charge is 0.277 e. The molecule has 4 amide bonds. The number of imide groups is 2. The average Bonchev–Trinajstić information content (AvgIpc) is 2.42. The Morgan fingerprint density at radius 2 is 1.84 bits per heavy atom. The van der Waals surface area contributed by atoms with Crippen LogP contribution in [-0.4, -0.2) is 29.3 Å². The van der Waals surface area contributed by atoms with E-state index in [0.717, 1.165) is 25.7 Å². The third-order valence-corrected chi connectivity index (χ3v) is 4.45. The minimum atomic E-state index is -0.973. The van der Waals surface area contributed by atoms with Gasteiger partial charge in [0.15, 0.2) is 0 Å². The highest BCUT2D eigenvalue weighted by molar-refractivity contribution is 6.19.